The fourth-order valence-corrected chi connectivity index (χ4v) is 0.800. The fraction of sp³-hybridized carbons (Fsp3) is 0.222. The Morgan fingerprint density at radius 1 is 1.50 bits per heavy atom. The van der Waals surface area contributed by atoms with Crippen molar-refractivity contribution in [2.45, 2.75) is 6.92 Å². The largest absolute Gasteiger partial charge is 0.493 e. The second kappa shape index (κ2) is 3.76. The summed E-state index contributed by atoms with van der Waals surface area (Å²) in [4.78, 5) is 10.6. The van der Waals surface area contributed by atoms with Crippen molar-refractivity contribution in [3.63, 3.8) is 0 Å². The Hall–Kier alpha value is -1.51. The SMILES string of the molecule is COc1c[c]ccc1OC(C)=O. The van der Waals surface area contributed by atoms with E-state index >= 15 is 0 Å². The summed E-state index contributed by atoms with van der Waals surface area (Å²) in [7, 11) is 1.51. The quantitative estimate of drug-likeness (QED) is 0.491. The Morgan fingerprint density at radius 3 is 2.83 bits per heavy atom. The molecule has 12 heavy (non-hydrogen) atoms. The maximum atomic E-state index is 10.6. The highest BCUT2D eigenvalue weighted by atomic mass is 16.6. The molecule has 0 saturated carbocycles. The van der Waals surface area contributed by atoms with Crippen LogP contribution < -0.4 is 9.47 Å². The molecule has 0 saturated heterocycles. The monoisotopic (exact) mass is 165 g/mol. The van der Waals surface area contributed by atoms with Crippen molar-refractivity contribution in [2.24, 2.45) is 0 Å². The lowest BCUT2D eigenvalue weighted by atomic mass is 10.3. The van der Waals surface area contributed by atoms with E-state index in [9.17, 15) is 4.79 Å². The number of carbonyl (C=O) groups excluding carboxylic acids is 1. The van der Waals surface area contributed by atoms with Crippen molar-refractivity contribution < 1.29 is 14.3 Å². The van der Waals surface area contributed by atoms with E-state index in [1.165, 1.54) is 14.0 Å². The molecule has 0 bridgehead atoms. The van der Waals surface area contributed by atoms with Gasteiger partial charge in [0.15, 0.2) is 11.5 Å². The van der Waals surface area contributed by atoms with Gasteiger partial charge >= 0.3 is 5.97 Å². The first-order valence-electron chi connectivity index (χ1n) is 3.46. The topological polar surface area (TPSA) is 35.5 Å². The lowest BCUT2D eigenvalue weighted by Gasteiger charge is -2.05. The minimum atomic E-state index is -0.362. The van der Waals surface area contributed by atoms with Crippen LogP contribution in [0.2, 0.25) is 0 Å². The Morgan fingerprint density at radius 2 is 2.25 bits per heavy atom. The maximum absolute atomic E-state index is 10.6. The third kappa shape index (κ3) is 1.99. The smallest absolute Gasteiger partial charge is 0.308 e. The molecule has 0 aliphatic carbocycles. The Balaban J connectivity index is 2.89. The average Bonchev–Trinajstić information content (AvgIpc) is 2.04. The predicted molar refractivity (Wildman–Crippen MR) is 43.1 cm³/mol. The van der Waals surface area contributed by atoms with E-state index < -0.39 is 0 Å². The number of rotatable bonds is 2. The zero-order valence-electron chi connectivity index (χ0n) is 6.96. The molecule has 0 amide bonds. The van der Waals surface area contributed by atoms with Gasteiger partial charge in [-0.25, -0.2) is 0 Å². The summed E-state index contributed by atoms with van der Waals surface area (Å²) in [6, 6.07) is 7.70. The van der Waals surface area contributed by atoms with Gasteiger partial charge in [-0.15, -0.1) is 0 Å². The summed E-state index contributed by atoms with van der Waals surface area (Å²) < 4.78 is 9.79. The van der Waals surface area contributed by atoms with Crippen molar-refractivity contribution in [1.29, 1.82) is 0 Å². The summed E-state index contributed by atoms with van der Waals surface area (Å²) in [5.41, 5.74) is 0. The molecule has 0 atom stereocenters. The molecule has 0 aliphatic rings. The average molecular weight is 165 g/mol. The van der Waals surface area contributed by atoms with Crippen molar-refractivity contribution in [1.82, 2.24) is 0 Å². The molecule has 1 radical (unpaired) electrons. The molecule has 0 fully saturated rings. The minimum absolute atomic E-state index is 0.362. The van der Waals surface area contributed by atoms with Crippen LogP contribution in [-0.2, 0) is 4.79 Å². The van der Waals surface area contributed by atoms with Gasteiger partial charge in [-0.2, -0.15) is 0 Å². The Labute approximate surface area is 70.9 Å². The van der Waals surface area contributed by atoms with Gasteiger partial charge in [0.1, 0.15) is 0 Å². The summed E-state index contributed by atoms with van der Waals surface area (Å²) >= 11 is 0. The van der Waals surface area contributed by atoms with Crippen molar-refractivity contribution in [3.8, 4) is 11.5 Å². The third-order valence-electron chi connectivity index (χ3n) is 1.26. The van der Waals surface area contributed by atoms with E-state index in [4.69, 9.17) is 9.47 Å². The first-order valence-corrected chi connectivity index (χ1v) is 3.46. The molecule has 3 heteroatoms. The number of carbonyl (C=O) groups is 1. The van der Waals surface area contributed by atoms with Gasteiger partial charge in [0.05, 0.1) is 7.11 Å². The molecule has 0 heterocycles. The molecule has 0 aliphatic heterocycles. The van der Waals surface area contributed by atoms with Gasteiger partial charge in [-0.1, -0.05) is 6.07 Å². The zero-order chi connectivity index (χ0) is 8.97. The number of esters is 1. The van der Waals surface area contributed by atoms with E-state index in [0.29, 0.717) is 11.5 Å². The molecule has 0 N–H and O–H groups in total. The molecule has 0 aromatic heterocycles. The van der Waals surface area contributed by atoms with Crippen LogP contribution in [0.3, 0.4) is 0 Å². The lowest BCUT2D eigenvalue weighted by molar-refractivity contribution is -0.132. The fourth-order valence-electron chi connectivity index (χ4n) is 0.800. The second-order valence-corrected chi connectivity index (χ2v) is 2.17. The van der Waals surface area contributed by atoms with Crippen LogP contribution in [-0.4, -0.2) is 13.1 Å². The summed E-state index contributed by atoms with van der Waals surface area (Å²) in [5, 5.41) is 0. The van der Waals surface area contributed by atoms with Gasteiger partial charge in [0.25, 0.3) is 0 Å². The van der Waals surface area contributed by atoms with E-state index in [0.717, 1.165) is 0 Å². The number of hydrogen-bond acceptors (Lipinski definition) is 3. The molecule has 63 valence electrons. The highest BCUT2D eigenvalue weighted by Crippen LogP contribution is 2.25. The molecule has 0 unspecified atom stereocenters. The third-order valence-corrected chi connectivity index (χ3v) is 1.26. The summed E-state index contributed by atoms with van der Waals surface area (Å²) in [6.45, 7) is 1.34. The zero-order valence-corrected chi connectivity index (χ0v) is 6.96. The first-order chi connectivity index (χ1) is 5.74. The number of ether oxygens (including phenoxy) is 2. The molecule has 0 spiro atoms. The van der Waals surface area contributed by atoms with Crippen LogP contribution in [0.1, 0.15) is 6.92 Å². The number of methoxy groups -OCH3 is 1. The van der Waals surface area contributed by atoms with Crippen LogP contribution in [0.25, 0.3) is 0 Å². The number of hydrogen-bond donors (Lipinski definition) is 0. The van der Waals surface area contributed by atoms with E-state index in [1.54, 1.807) is 18.2 Å². The van der Waals surface area contributed by atoms with Crippen molar-refractivity contribution >= 4 is 5.97 Å². The van der Waals surface area contributed by atoms with Crippen molar-refractivity contribution in [2.75, 3.05) is 7.11 Å². The van der Waals surface area contributed by atoms with Crippen LogP contribution in [0.15, 0.2) is 18.2 Å². The molecular formula is C9H9O3. The molecule has 3 nitrogen and oxygen atoms in total. The molecule has 1 rings (SSSR count). The minimum Gasteiger partial charge on any atom is -0.493 e. The molecule has 1 aromatic carbocycles. The Kier molecular flexibility index (Phi) is 2.69. The van der Waals surface area contributed by atoms with Crippen molar-refractivity contribution in [3.05, 3.63) is 24.3 Å². The number of benzene rings is 1. The second-order valence-electron chi connectivity index (χ2n) is 2.17. The van der Waals surface area contributed by atoms with E-state index in [1.807, 2.05) is 0 Å². The normalized spacial score (nSPS) is 9.17. The van der Waals surface area contributed by atoms with Crippen LogP contribution in [0, 0.1) is 6.07 Å². The van der Waals surface area contributed by atoms with E-state index in [-0.39, 0.29) is 5.97 Å². The maximum Gasteiger partial charge on any atom is 0.308 e. The first kappa shape index (κ1) is 8.59. The van der Waals surface area contributed by atoms with Gasteiger partial charge in [0.2, 0.25) is 0 Å². The summed E-state index contributed by atoms with van der Waals surface area (Å²) in [6.07, 6.45) is 0. The predicted octanol–water partition coefficient (Wildman–Crippen LogP) is 1.42. The molecule has 1 aromatic rings. The van der Waals surface area contributed by atoms with Crippen LogP contribution in [0.4, 0.5) is 0 Å². The highest BCUT2D eigenvalue weighted by molar-refractivity contribution is 5.70. The lowest BCUT2D eigenvalue weighted by Crippen LogP contribution is -2.02. The van der Waals surface area contributed by atoms with Gasteiger partial charge in [-0.3, -0.25) is 4.79 Å². The van der Waals surface area contributed by atoms with Gasteiger partial charge in [0, 0.05) is 6.92 Å². The van der Waals surface area contributed by atoms with Gasteiger partial charge in [-0.05, 0) is 18.2 Å². The van der Waals surface area contributed by atoms with Crippen LogP contribution in [0.5, 0.6) is 11.5 Å². The summed E-state index contributed by atoms with van der Waals surface area (Å²) in [5.74, 6) is 0.566. The van der Waals surface area contributed by atoms with Crippen LogP contribution >= 0.6 is 0 Å². The Bertz CT molecular complexity index is 281. The standard InChI is InChI=1S/C9H9O3/c1-7(10)12-9-6-4-3-5-8(9)11-2/h4-6H,1-2H3. The van der Waals surface area contributed by atoms with E-state index in [2.05, 4.69) is 6.07 Å². The molecular weight excluding hydrogens is 156 g/mol. The van der Waals surface area contributed by atoms with Gasteiger partial charge < -0.3 is 9.47 Å². The highest BCUT2D eigenvalue weighted by Gasteiger charge is 2.03.